The molecule has 1 aromatic carbocycles. The molecule has 6 nitrogen and oxygen atoms in total. The molecule has 0 bridgehead atoms. The average Bonchev–Trinajstić information content (AvgIpc) is 2.51. The van der Waals surface area contributed by atoms with E-state index in [1.54, 1.807) is 18.3 Å². The lowest BCUT2D eigenvalue weighted by Crippen LogP contribution is -2.25. The fourth-order valence-corrected chi connectivity index (χ4v) is 2.16. The van der Waals surface area contributed by atoms with Crippen molar-refractivity contribution in [1.29, 1.82) is 0 Å². The summed E-state index contributed by atoms with van der Waals surface area (Å²) in [7, 11) is 0. The van der Waals surface area contributed by atoms with E-state index in [-0.39, 0.29) is 5.56 Å². The lowest BCUT2D eigenvalue weighted by Gasteiger charge is -2.07. The Kier molecular flexibility index (Phi) is 3.59. The molecule has 0 saturated carbocycles. The monoisotopic (exact) mass is 281 g/mol. The SMILES string of the molecule is CCNc1ccnc(Cn2nnc3ccccc3c2=O)c1. The van der Waals surface area contributed by atoms with E-state index in [1.165, 1.54) is 4.68 Å². The first kappa shape index (κ1) is 13.2. The van der Waals surface area contributed by atoms with E-state index in [4.69, 9.17) is 0 Å². The van der Waals surface area contributed by atoms with Gasteiger partial charge >= 0.3 is 0 Å². The van der Waals surface area contributed by atoms with Crippen LogP contribution < -0.4 is 10.9 Å². The minimum absolute atomic E-state index is 0.156. The van der Waals surface area contributed by atoms with Crippen LogP contribution in [0.4, 0.5) is 5.69 Å². The van der Waals surface area contributed by atoms with Gasteiger partial charge in [-0.25, -0.2) is 4.68 Å². The van der Waals surface area contributed by atoms with Crippen molar-refractivity contribution in [1.82, 2.24) is 20.0 Å². The van der Waals surface area contributed by atoms with Gasteiger partial charge in [0.1, 0.15) is 5.52 Å². The highest BCUT2D eigenvalue weighted by molar-refractivity contribution is 5.76. The lowest BCUT2D eigenvalue weighted by atomic mass is 10.2. The number of rotatable bonds is 4. The average molecular weight is 281 g/mol. The quantitative estimate of drug-likeness (QED) is 0.787. The van der Waals surface area contributed by atoms with Crippen molar-refractivity contribution in [3.63, 3.8) is 0 Å². The summed E-state index contributed by atoms with van der Waals surface area (Å²) in [6, 6.07) is 11.0. The van der Waals surface area contributed by atoms with Crippen molar-refractivity contribution < 1.29 is 0 Å². The number of aromatic nitrogens is 4. The first-order chi connectivity index (χ1) is 10.3. The summed E-state index contributed by atoms with van der Waals surface area (Å²) in [6.45, 7) is 3.16. The fraction of sp³-hybridized carbons (Fsp3) is 0.200. The van der Waals surface area contributed by atoms with Crippen LogP contribution in [-0.4, -0.2) is 26.5 Å². The number of benzene rings is 1. The fourth-order valence-electron chi connectivity index (χ4n) is 2.16. The zero-order valence-electron chi connectivity index (χ0n) is 11.7. The maximum absolute atomic E-state index is 12.4. The summed E-state index contributed by atoms with van der Waals surface area (Å²) in [5.74, 6) is 0. The summed E-state index contributed by atoms with van der Waals surface area (Å²) in [6.07, 6.45) is 1.72. The molecule has 0 unspecified atom stereocenters. The molecule has 2 aromatic heterocycles. The van der Waals surface area contributed by atoms with Crippen molar-refractivity contribution in [3.8, 4) is 0 Å². The van der Waals surface area contributed by atoms with Crippen molar-refractivity contribution in [2.45, 2.75) is 13.5 Å². The second-order valence-electron chi connectivity index (χ2n) is 4.64. The molecule has 0 aliphatic carbocycles. The van der Waals surface area contributed by atoms with Crippen LogP contribution in [0.5, 0.6) is 0 Å². The molecule has 0 aliphatic rings. The van der Waals surface area contributed by atoms with Gasteiger partial charge in [-0.15, -0.1) is 5.10 Å². The zero-order chi connectivity index (χ0) is 14.7. The third-order valence-electron chi connectivity index (χ3n) is 3.14. The van der Waals surface area contributed by atoms with E-state index in [2.05, 4.69) is 20.6 Å². The highest BCUT2D eigenvalue weighted by Gasteiger charge is 2.06. The summed E-state index contributed by atoms with van der Waals surface area (Å²) in [5.41, 5.74) is 2.19. The molecule has 0 spiro atoms. The highest BCUT2D eigenvalue weighted by Crippen LogP contribution is 2.09. The molecule has 1 N–H and O–H groups in total. The third-order valence-corrected chi connectivity index (χ3v) is 3.14. The molecule has 0 atom stereocenters. The van der Waals surface area contributed by atoms with E-state index >= 15 is 0 Å². The zero-order valence-corrected chi connectivity index (χ0v) is 11.7. The molecule has 0 radical (unpaired) electrons. The molecule has 6 heteroatoms. The Hall–Kier alpha value is -2.76. The minimum atomic E-state index is -0.156. The number of hydrogen-bond donors (Lipinski definition) is 1. The molecule has 0 amide bonds. The van der Waals surface area contributed by atoms with E-state index in [9.17, 15) is 4.79 Å². The summed E-state index contributed by atoms with van der Waals surface area (Å²) >= 11 is 0. The largest absolute Gasteiger partial charge is 0.385 e. The smallest absolute Gasteiger partial charge is 0.277 e. The number of nitrogens with one attached hydrogen (secondary N) is 1. The Morgan fingerprint density at radius 1 is 1.24 bits per heavy atom. The topological polar surface area (TPSA) is 72.7 Å². The summed E-state index contributed by atoms with van der Waals surface area (Å²) in [5, 5.41) is 11.8. The van der Waals surface area contributed by atoms with Gasteiger partial charge in [-0.05, 0) is 31.2 Å². The molecule has 3 rings (SSSR count). The van der Waals surface area contributed by atoms with Gasteiger partial charge in [0.15, 0.2) is 0 Å². The highest BCUT2D eigenvalue weighted by atomic mass is 16.1. The van der Waals surface area contributed by atoms with Gasteiger partial charge in [-0.3, -0.25) is 9.78 Å². The van der Waals surface area contributed by atoms with Crippen LogP contribution in [-0.2, 0) is 6.54 Å². The van der Waals surface area contributed by atoms with Gasteiger partial charge in [-0.2, -0.15) is 0 Å². The third kappa shape index (κ3) is 2.74. The number of nitrogens with zero attached hydrogens (tertiary/aromatic N) is 4. The van der Waals surface area contributed by atoms with E-state index in [0.29, 0.717) is 17.4 Å². The maximum atomic E-state index is 12.4. The van der Waals surface area contributed by atoms with Gasteiger partial charge in [-0.1, -0.05) is 17.3 Å². The molecular formula is C15H15N5O. The second-order valence-corrected chi connectivity index (χ2v) is 4.64. The van der Waals surface area contributed by atoms with Crippen molar-refractivity contribution in [2.24, 2.45) is 0 Å². The van der Waals surface area contributed by atoms with Crippen LogP contribution in [0.25, 0.3) is 10.9 Å². The number of fused-ring (bicyclic) bond motifs is 1. The van der Waals surface area contributed by atoms with Crippen LogP contribution in [0.3, 0.4) is 0 Å². The molecule has 106 valence electrons. The molecule has 0 fully saturated rings. The molecular weight excluding hydrogens is 266 g/mol. The maximum Gasteiger partial charge on any atom is 0.277 e. The van der Waals surface area contributed by atoms with Gasteiger partial charge < -0.3 is 5.32 Å². The first-order valence-corrected chi connectivity index (χ1v) is 6.79. The van der Waals surface area contributed by atoms with Crippen LogP contribution >= 0.6 is 0 Å². The normalized spacial score (nSPS) is 10.7. The number of anilines is 1. The van der Waals surface area contributed by atoms with Gasteiger partial charge in [0.2, 0.25) is 0 Å². The number of hydrogen-bond acceptors (Lipinski definition) is 5. The molecule has 2 heterocycles. The van der Waals surface area contributed by atoms with E-state index in [0.717, 1.165) is 17.9 Å². The summed E-state index contributed by atoms with van der Waals surface area (Å²) < 4.78 is 1.33. The predicted molar refractivity (Wildman–Crippen MR) is 81.3 cm³/mol. The standard InChI is InChI=1S/C15H15N5O/c1-2-16-11-7-8-17-12(9-11)10-20-15(21)13-5-3-4-6-14(13)18-19-20/h3-9H,2,10H2,1H3,(H,16,17). The Balaban J connectivity index is 1.96. The molecule has 0 aliphatic heterocycles. The lowest BCUT2D eigenvalue weighted by molar-refractivity contribution is 0.592. The molecule has 0 saturated heterocycles. The van der Waals surface area contributed by atoms with Crippen LogP contribution in [0.2, 0.25) is 0 Å². The Morgan fingerprint density at radius 2 is 2.10 bits per heavy atom. The van der Waals surface area contributed by atoms with E-state index < -0.39 is 0 Å². The van der Waals surface area contributed by atoms with Crippen molar-refractivity contribution in [2.75, 3.05) is 11.9 Å². The first-order valence-electron chi connectivity index (χ1n) is 6.79. The Labute approximate surface area is 121 Å². The Bertz CT molecular complexity index is 827. The van der Waals surface area contributed by atoms with Crippen LogP contribution in [0, 0.1) is 0 Å². The number of pyridine rings is 1. The van der Waals surface area contributed by atoms with Crippen LogP contribution in [0.15, 0.2) is 47.4 Å². The van der Waals surface area contributed by atoms with E-state index in [1.807, 2.05) is 31.2 Å². The molecule has 3 aromatic rings. The second kappa shape index (κ2) is 5.70. The van der Waals surface area contributed by atoms with Crippen molar-refractivity contribution in [3.05, 3.63) is 58.6 Å². The van der Waals surface area contributed by atoms with Crippen LogP contribution in [0.1, 0.15) is 12.6 Å². The Morgan fingerprint density at radius 3 is 2.95 bits per heavy atom. The minimum Gasteiger partial charge on any atom is -0.385 e. The molecule has 21 heavy (non-hydrogen) atoms. The van der Waals surface area contributed by atoms with Gasteiger partial charge in [0.05, 0.1) is 17.6 Å². The van der Waals surface area contributed by atoms with Crippen molar-refractivity contribution >= 4 is 16.6 Å². The predicted octanol–water partition coefficient (Wildman–Crippen LogP) is 1.67. The summed E-state index contributed by atoms with van der Waals surface area (Å²) in [4.78, 5) is 16.6. The van der Waals surface area contributed by atoms with Gasteiger partial charge in [0, 0.05) is 18.4 Å². The van der Waals surface area contributed by atoms with Gasteiger partial charge in [0.25, 0.3) is 5.56 Å².